The molecule has 0 aliphatic carbocycles. The van der Waals surface area contributed by atoms with Crippen LogP contribution in [-0.4, -0.2) is 20.1 Å². The fourth-order valence-corrected chi connectivity index (χ4v) is 3.94. The number of carbonyl (C=O) groups is 1. The molecule has 0 bridgehead atoms. The third kappa shape index (κ3) is 5.45. The van der Waals surface area contributed by atoms with E-state index in [-0.39, 0.29) is 5.91 Å². The van der Waals surface area contributed by atoms with Crippen molar-refractivity contribution in [1.82, 2.24) is 0 Å². The van der Waals surface area contributed by atoms with Crippen molar-refractivity contribution in [2.24, 2.45) is 0 Å². The number of amides is 1. The summed E-state index contributed by atoms with van der Waals surface area (Å²) in [6.07, 6.45) is 3.19. The molecule has 3 aromatic carbocycles. The van der Waals surface area contributed by atoms with Crippen LogP contribution in [0.4, 0.5) is 5.69 Å². The van der Waals surface area contributed by atoms with Crippen molar-refractivity contribution in [1.29, 1.82) is 0 Å². The highest BCUT2D eigenvalue weighted by atomic mass is 32.2. The molecule has 1 amide bonds. The summed E-state index contributed by atoms with van der Waals surface area (Å²) in [5.41, 5.74) is 4.01. The summed E-state index contributed by atoms with van der Waals surface area (Å²) in [5.74, 6) is 1.00. The first-order valence-corrected chi connectivity index (χ1v) is 10.4. The van der Waals surface area contributed by atoms with E-state index < -0.39 is 0 Å². The average Bonchev–Trinajstić information content (AvgIpc) is 2.75. The summed E-state index contributed by atoms with van der Waals surface area (Å²) >= 11 is 1.72. The molecule has 0 radical (unpaired) electrons. The van der Waals surface area contributed by atoms with Crippen molar-refractivity contribution in [2.45, 2.75) is 23.6 Å². The van der Waals surface area contributed by atoms with Crippen molar-refractivity contribution in [2.75, 3.05) is 19.5 Å². The van der Waals surface area contributed by atoms with Gasteiger partial charge in [-0.1, -0.05) is 36.0 Å². The second-order valence-electron chi connectivity index (χ2n) is 6.80. The number of methoxy groups -OCH3 is 2. The molecule has 0 unspecified atom stereocenters. The van der Waals surface area contributed by atoms with E-state index in [0.717, 1.165) is 16.1 Å². The van der Waals surface area contributed by atoms with Gasteiger partial charge in [-0.05, 0) is 67.4 Å². The minimum atomic E-state index is -0.213. The molecule has 3 aromatic rings. The van der Waals surface area contributed by atoms with Gasteiger partial charge in [-0.2, -0.15) is 0 Å². The Bertz CT molecular complexity index is 1060. The maximum absolute atomic E-state index is 12.3. The van der Waals surface area contributed by atoms with Crippen molar-refractivity contribution in [3.8, 4) is 11.5 Å². The van der Waals surface area contributed by atoms with Crippen molar-refractivity contribution in [3.05, 3.63) is 83.4 Å². The van der Waals surface area contributed by atoms with Gasteiger partial charge < -0.3 is 14.8 Å². The number of hydrogen-bond acceptors (Lipinski definition) is 4. The summed E-state index contributed by atoms with van der Waals surface area (Å²) in [7, 11) is 3.16. The molecule has 0 saturated carbocycles. The number of nitrogens with one attached hydrogen (secondary N) is 1. The van der Waals surface area contributed by atoms with E-state index in [0.29, 0.717) is 11.5 Å². The Morgan fingerprint density at radius 1 is 0.967 bits per heavy atom. The van der Waals surface area contributed by atoms with Crippen LogP contribution in [0.2, 0.25) is 0 Å². The van der Waals surface area contributed by atoms with Crippen LogP contribution in [0.3, 0.4) is 0 Å². The zero-order valence-electron chi connectivity index (χ0n) is 17.6. The predicted octanol–water partition coefficient (Wildman–Crippen LogP) is 6.12. The van der Waals surface area contributed by atoms with Crippen molar-refractivity contribution >= 4 is 29.4 Å². The third-order valence-electron chi connectivity index (χ3n) is 4.54. The van der Waals surface area contributed by atoms with Gasteiger partial charge in [-0.15, -0.1) is 0 Å². The first-order valence-electron chi connectivity index (χ1n) is 9.55. The molecule has 154 valence electrons. The lowest BCUT2D eigenvalue weighted by Crippen LogP contribution is -2.07. The van der Waals surface area contributed by atoms with Gasteiger partial charge >= 0.3 is 0 Å². The molecule has 4 nitrogen and oxygen atoms in total. The molecule has 0 heterocycles. The first kappa shape index (κ1) is 21.5. The molecule has 1 N–H and O–H groups in total. The Hall–Kier alpha value is -3.18. The highest BCUT2D eigenvalue weighted by Crippen LogP contribution is 2.32. The van der Waals surface area contributed by atoms with Gasteiger partial charge in [0.15, 0.2) is 11.5 Å². The molecule has 0 aliphatic heterocycles. The molecule has 30 heavy (non-hydrogen) atoms. The van der Waals surface area contributed by atoms with Gasteiger partial charge in [-0.3, -0.25) is 4.79 Å². The number of rotatable bonds is 7. The van der Waals surface area contributed by atoms with Crippen molar-refractivity contribution < 1.29 is 14.3 Å². The van der Waals surface area contributed by atoms with Crippen molar-refractivity contribution in [3.63, 3.8) is 0 Å². The van der Waals surface area contributed by atoms with Crippen LogP contribution in [0.15, 0.2) is 76.5 Å². The Labute approximate surface area is 181 Å². The number of ether oxygens (including phenoxy) is 2. The van der Waals surface area contributed by atoms with Crippen LogP contribution < -0.4 is 14.8 Å². The van der Waals surface area contributed by atoms with Crippen LogP contribution in [0.1, 0.15) is 16.7 Å². The van der Waals surface area contributed by atoms with Crippen LogP contribution in [0.25, 0.3) is 6.08 Å². The molecular weight excluding hydrogens is 394 g/mol. The minimum Gasteiger partial charge on any atom is -0.493 e. The Morgan fingerprint density at radius 2 is 1.73 bits per heavy atom. The molecule has 0 atom stereocenters. The number of benzene rings is 3. The average molecular weight is 420 g/mol. The lowest BCUT2D eigenvalue weighted by atomic mass is 10.1. The van der Waals surface area contributed by atoms with Gasteiger partial charge in [0.05, 0.1) is 14.2 Å². The summed E-state index contributed by atoms with van der Waals surface area (Å²) in [6.45, 7) is 4.21. The molecule has 0 aliphatic rings. The summed E-state index contributed by atoms with van der Waals surface area (Å²) in [6, 6.07) is 19.8. The van der Waals surface area contributed by atoms with Crippen LogP contribution >= 0.6 is 11.8 Å². The quantitative estimate of drug-likeness (QED) is 0.469. The van der Waals surface area contributed by atoms with Crippen LogP contribution in [-0.2, 0) is 4.79 Å². The molecular formula is C25H25NO3S. The Kier molecular flexibility index (Phi) is 7.20. The van der Waals surface area contributed by atoms with E-state index >= 15 is 0 Å². The highest BCUT2D eigenvalue weighted by molar-refractivity contribution is 7.99. The van der Waals surface area contributed by atoms with E-state index in [1.807, 2.05) is 42.5 Å². The van der Waals surface area contributed by atoms with E-state index in [4.69, 9.17) is 9.47 Å². The molecule has 0 saturated heterocycles. The number of carbonyl (C=O) groups excluding carboxylic acids is 1. The SMILES string of the molecule is COc1cccc(/C=C/C(=O)Nc2ccc(Sc3cc(C)ccc3C)cc2)c1OC. The standard InChI is InChI=1S/C25H25NO3S/c1-17-8-9-18(2)23(16-17)30-21-13-11-20(12-14-21)26-24(27)15-10-19-6-5-7-22(28-3)25(19)29-4/h5-16H,1-4H3,(H,26,27)/b15-10+. The second kappa shape index (κ2) is 10.0. The van der Waals surface area contributed by atoms with Gasteiger partial charge in [0.1, 0.15) is 0 Å². The van der Waals surface area contributed by atoms with Crippen LogP contribution in [0, 0.1) is 13.8 Å². The van der Waals surface area contributed by atoms with Gasteiger partial charge in [-0.25, -0.2) is 0 Å². The number of aryl methyl sites for hydroxylation is 2. The number of hydrogen-bond donors (Lipinski definition) is 1. The largest absolute Gasteiger partial charge is 0.493 e. The predicted molar refractivity (Wildman–Crippen MR) is 124 cm³/mol. The monoisotopic (exact) mass is 419 g/mol. The number of anilines is 1. The topological polar surface area (TPSA) is 47.6 Å². The Morgan fingerprint density at radius 3 is 2.43 bits per heavy atom. The second-order valence-corrected chi connectivity index (χ2v) is 7.92. The fourth-order valence-electron chi connectivity index (χ4n) is 2.94. The first-order chi connectivity index (χ1) is 14.5. The van der Waals surface area contributed by atoms with E-state index in [1.54, 1.807) is 32.1 Å². The third-order valence-corrected chi connectivity index (χ3v) is 5.71. The number of para-hydroxylation sites is 1. The molecule has 3 rings (SSSR count). The maximum Gasteiger partial charge on any atom is 0.248 e. The van der Waals surface area contributed by atoms with Crippen LogP contribution in [0.5, 0.6) is 11.5 Å². The van der Waals surface area contributed by atoms with Gasteiger partial charge in [0.25, 0.3) is 0 Å². The molecule has 0 spiro atoms. The van der Waals surface area contributed by atoms with E-state index in [9.17, 15) is 4.79 Å². The minimum absolute atomic E-state index is 0.213. The van der Waals surface area contributed by atoms with E-state index in [1.165, 1.54) is 22.1 Å². The van der Waals surface area contributed by atoms with Gasteiger partial charge in [0.2, 0.25) is 5.91 Å². The fraction of sp³-hybridized carbons (Fsp3) is 0.160. The maximum atomic E-state index is 12.3. The molecule has 5 heteroatoms. The zero-order valence-corrected chi connectivity index (χ0v) is 18.4. The lowest BCUT2D eigenvalue weighted by Gasteiger charge is -2.10. The lowest BCUT2D eigenvalue weighted by molar-refractivity contribution is -0.111. The summed E-state index contributed by atoms with van der Waals surface area (Å²) in [4.78, 5) is 14.7. The zero-order chi connectivity index (χ0) is 21.5. The van der Waals surface area contributed by atoms with E-state index in [2.05, 4.69) is 37.4 Å². The molecule has 0 fully saturated rings. The smallest absolute Gasteiger partial charge is 0.248 e. The Balaban J connectivity index is 1.65. The molecule has 0 aromatic heterocycles. The van der Waals surface area contributed by atoms with Gasteiger partial charge in [0, 0.05) is 27.1 Å². The summed E-state index contributed by atoms with van der Waals surface area (Å²) < 4.78 is 10.7. The normalized spacial score (nSPS) is 10.8. The highest BCUT2D eigenvalue weighted by Gasteiger charge is 2.08. The summed E-state index contributed by atoms with van der Waals surface area (Å²) in [5, 5.41) is 2.88.